The Bertz CT molecular complexity index is 66.4. The third kappa shape index (κ3) is 19.1. The summed E-state index contributed by atoms with van der Waals surface area (Å²) in [7, 11) is 3.38. The highest BCUT2D eigenvalue weighted by atomic mass is 15.0. The van der Waals surface area contributed by atoms with Crippen LogP contribution in [0.25, 0.3) is 0 Å². The molecule has 0 unspecified atom stereocenters. The summed E-state index contributed by atoms with van der Waals surface area (Å²) < 4.78 is 0. The maximum atomic E-state index is 3.65. The van der Waals surface area contributed by atoms with Crippen LogP contribution in [0, 0.1) is 0 Å². The molecular weight excluding hydrogens is 114 g/mol. The summed E-state index contributed by atoms with van der Waals surface area (Å²) >= 11 is 0. The average molecular weight is 129 g/mol. The molecule has 0 aliphatic carbocycles. The van der Waals surface area contributed by atoms with Crippen LogP contribution < -0.4 is 5.32 Å². The fourth-order valence-electron chi connectivity index (χ4n) is 0.182. The van der Waals surface area contributed by atoms with Crippen molar-refractivity contribution in [3.63, 3.8) is 0 Å². The van der Waals surface area contributed by atoms with Crippen molar-refractivity contribution >= 4 is 12.7 Å². The molecule has 0 bridgehead atoms. The second-order valence-electron chi connectivity index (χ2n) is 0.941. The number of hydrogen-bond donors (Lipinski definition) is 1. The lowest BCUT2D eigenvalue weighted by atomic mass is 11.0. The third-order valence-corrected chi connectivity index (χ3v) is 0.407. The highest BCUT2D eigenvalue weighted by Gasteiger charge is 1.56. The maximum Gasteiger partial charge on any atom is 0.0871 e. The van der Waals surface area contributed by atoms with Gasteiger partial charge in [-0.05, 0) is 0 Å². The number of nitrogens with one attached hydrogen (secondary N) is 1. The lowest BCUT2D eigenvalue weighted by Gasteiger charge is -1.80. The van der Waals surface area contributed by atoms with Gasteiger partial charge in [-0.1, -0.05) is 13.8 Å². The summed E-state index contributed by atoms with van der Waals surface area (Å²) in [4.78, 5) is 7.29. The standard InChI is InChI=1S/C4H9N3.C2H6/c1-5-3-7-4-6-2;1-2/h3-4H,1-2H3,(H,5,6,7);1-2H3. The first-order chi connectivity index (χ1) is 4.41. The van der Waals surface area contributed by atoms with Gasteiger partial charge in [-0.3, -0.25) is 9.98 Å². The second kappa shape index (κ2) is 15.7. The van der Waals surface area contributed by atoms with Crippen molar-refractivity contribution in [3.05, 3.63) is 0 Å². The SMILES string of the molecule is CC.CN=CNC=NC. The topological polar surface area (TPSA) is 36.8 Å². The van der Waals surface area contributed by atoms with Crippen LogP contribution in [0.1, 0.15) is 13.8 Å². The number of hydrogen-bond acceptors (Lipinski definition) is 2. The molecule has 0 fully saturated rings. The van der Waals surface area contributed by atoms with Gasteiger partial charge in [0, 0.05) is 14.1 Å². The highest BCUT2D eigenvalue weighted by molar-refractivity contribution is 5.74. The molecule has 0 saturated carbocycles. The molecule has 0 aromatic carbocycles. The molecule has 0 aliphatic rings. The lowest BCUT2D eigenvalue weighted by molar-refractivity contribution is 1.34. The smallest absolute Gasteiger partial charge is 0.0871 e. The van der Waals surface area contributed by atoms with Gasteiger partial charge in [-0.2, -0.15) is 0 Å². The molecule has 0 atom stereocenters. The van der Waals surface area contributed by atoms with Crippen LogP contribution in [0.5, 0.6) is 0 Å². The first-order valence-electron chi connectivity index (χ1n) is 2.99. The fraction of sp³-hybridized carbons (Fsp3) is 0.667. The van der Waals surface area contributed by atoms with Crippen molar-refractivity contribution in [1.82, 2.24) is 5.32 Å². The Hall–Kier alpha value is -0.860. The van der Waals surface area contributed by atoms with Crippen LogP contribution >= 0.6 is 0 Å². The second-order valence-corrected chi connectivity index (χ2v) is 0.941. The fourth-order valence-corrected chi connectivity index (χ4v) is 0.182. The van der Waals surface area contributed by atoms with E-state index in [0.29, 0.717) is 0 Å². The summed E-state index contributed by atoms with van der Waals surface area (Å²) in [6.45, 7) is 4.00. The Kier molecular flexibility index (Phi) is 19.2. The van der Waals surface area contributed by atoms with E-state index in [4.69, 9.17) is 0 Å². The van der Waals surface area contributed by atoms with Gasteiger partial charge in [0.2, 0.25) is 0 Å². The maximum absolute atomic E-state index is 3.65. The first-order valence-corrected chi connectivity index (χ1v) is 2.99. The zero-order valence-electron chi connectivity index (χ0n) is 6.55. The van der Waals surface area contributed by atoms with E-state index in [-0.39, 0.29) is 0 Å². The molecule has 3 heteroatoms. The van der Waals surface area contributed by atoms with Crippen LogP contribution in [0.15, 0.2) is 9.98 Å². The summed E-state index contributed by atoms with van der Waals surface area (Å²) in [5, 5.41) is 2.70. The Morgan fingerprint density at radius 3 is 1.56 bits per heavy atom. The van der Waals surface area contributed by atoms with Crippen molar-refractivity contribution in [3.8, 4) is 0 Å². The molecule has 0 radical (unpaired) electrons. The number of aliphatic imine (C=N–C) groups is 2. The van der Waals surface area contributed by atoms with Gasteiger partial charge in [0.15, 0.2) is 0 Å². The van der Waals surface area contributed by atoms with E-state index in [1.54, 1.807) is 26.8 Å². The molecular formula is C6H15N3. The predicted molar refractivity (Wildman–Crippen MR) is 43.3 cm³/mol. The van der Waals surface area contributed by atoms with Crippen LogP contribution in [0.4, 0.5) is 0 Å². The minimum atomic E-state index is 1.56. The Morgan fingerprint density at radius 2 is 1.33 bits per heavy atom. The zero-order chi connectivity index (χ0) is 7.54. The summed E-state index contributed by atoms with van der Waals surface area (Å²) in [5.41, 5.74) is 0. The van der Waals surface area contributed by atoms with Crippen LogP contribution in [-0.4, -0.2) is 26.8 Å². The molecule has 9 heavy (non-hydrogen) atoms. The van der Waals surface area contributed by atoms with Crippen molar-refractivity contribution < 1.29 is 0 Å². The predicted octanol–water partition coefficient (Wildman–Crippen LogP) is 0.918. The van der Waals surface area contributed by atoms with Gasteiger partial charge >= 0.3 is 0 Å². The van der Waals surface area contributed by atoms with Gasteiger partial charge in [0.05, 0.1) is 12.7 Å². The molecule has 1 N–H and O–H groups in total. The molecule has 0 heterocycles. The van der Waals surface area contributed by atoms with Crippen molar-refractivity contribution in [1.29, 1.82) is 0 Å². The molecule has 3 nitrogen and oxygen atoms in total. The van der Waals surface area contributed by atoms with Gasteiger partial charge in [0.1, 0.15) is 0 Å². The number of nitrogens with zero attached hydrogens (tertiary/aromatic N) is 2. The molecule has 54 valence electrons. The summed E-state index contributed by atoms with van der Waals surface area (Å²) in [6.07, 6.45) is 3.12. The molecule has 0 aromatic heterocycles. The summed E-state index contributed by atoms with van der Waals surface area (Å²) in [5.74, 6) is 0. The van der Waals surface area contributed by atoms with Gasteiger partial charge in [-0.25, -0.2) is 0 Å². The Labute approximate surface area is 56.9 Å². The minimum Gasteiger partial charge on any atom is -0.338 e. The highest BCUT2D eigenvalue weighted by Crippen LogP contribution is 1.44. The van der Waals surface area contributed by atoms with Crippen molar-refractivity contribution in [2.24, 2.45) is 9.98 Å². The number of rotatable bonds is 2. The average Bonchev–Trinajstić information content (AvgIpc) is 1.94. The quantitative estimate of drug-likeness (QED) is 0.437. The Balaban J connectivity index is 0. The molecule has 0 saturated heterocycles. The first kappa shape index (κ1) is 11.0. The zero-order valence-corrected chi connectivity index (χ0v) is 6.55. The Morgan fingerprint density at radius 1 is 1.00 bits per heavy atom. The van der Waals surface area contributed by atoms with E-state index in [2.05, 4.69) is 15.3 Å². The van der Waals surface area contributed by atoms with E-state index in [1.165, 1.54) is 0 Å². The minimum absolute atomic E-state index is 1.56. The summed E-state index contributed by atoms with van der Waals surface area (Å²) in [6, 6.07) is 0. The van der Waals surface area contributed by atoms with Gasteiger partial charge in [0.25, 0.3) is 0 Å². The van der Waals surface area contributed by atoms with Crippen LogP contribution in [-0.2, 0) is 0 Å². The van der Waals surface area contributed by atoms with E-state index in [9.17, 15) is 0 Å². The van der Waals surface area contributed by atoms with Crippen molar-refractivity contribution in [2.75, 3.05) is 14.1 Å². The molecule has 0 aromatic rings. The monoisotopic (exact) mass is 129 g/mol. The van der Waals surface area contributed by atoms with Gasteiger partial charge < -0.3 is 5.32 Å². The lowest BCUT2D eigenvalue weighted by Crippen LogP contribution is -2.06. The molecule has 0 rings (SSSR count). The van der Waals surface area contributed by atoms with Gasteiger partial charge in [-0.15, -0.1) is 0 Å². The molecule has 0 amide bonds. The van der Waals surface area contributed by atoms with Crippen LogP contribution in [0.2, 0.25) is 0 Å². The molecule has 0 spiro atoms. The van der Waals surface area contributed by atoms with Crippen LogP contribution in [0.3, 0.4) is 0 Å². The normalized spacial score (nSPS) is 9.33. The van der Waals surface area contributed by atoms with Crippen molar-refractivity contribution in [2.45, 2.75) is 13.8 Å². The van der Waals surface area contributed by atoms with E-state index in [0.717, 1.165) is 0 Å². The third-order valence-electron chi connectivity index (χ3n) is 0.407. The van der Waals surface area contributed by atoms with E-state index < -0.39 is 0 Å². The van der Waals surface area contributed by atoms with E-state index in [1.807, 2.05) is 13.8 Å². The molecule has 0 aliphatic heterocycles. The van der Waals surface area contributed by atoms with E-state index >= 15 is 0 Å². The largest absolute Gasteiger partial charge is 0.338 e.